The van der Waals surface area contributed by atoms with Gasteiger partial charge in [-0.05, 0) is 32.9 Å². The zero-order valence-corrected chi connectivity index (χ0v) is 13.3. The molecule has 5 heteroatoms. The number of ether oxygens (including phenoxy) is 1. The van der Waals surface area contributed by atoms with Gasteiger partial charge in [0.15, 0.2) is 4.96 Å². The van der Waals surface area contributed by atoms with E-state index in [0.717, 1.165) is 28.6 Å². The summed E-state index contributed by atoms with van der Waals surface area (Å²) in [6, 6.07) is 8.03. The van der Waals surface area contributed by atoms with Crippen molar-refractivity contribution in [3.8, 4) is 5.75 Å². The first-order valence-corrected chi connectivity index (χ1v) is 7.96. The maximum atomic E-state index is 5.65. The molecule has 2 aromatic heterocycles. The van der Waals surface area contributed by atoms with Gasteiger partial charge >= 0.3 is 0 Å². The molecule has 2 heterocycles. The van der Waals surface area contributed by atoms with Gasteiger partial charge in [-0.25, -0.2) is 4.98 Å². The maximum Gasteiger partial charge on any atom is 0.194 e. The number of imidazole rings is 1. The molecule has 0 radical (unpaired) electrons. The molecule has 3 aromatic rings. The summed E-state index contributed by atoms with van der Waals surface area (Å²) in [5.74, 6) is 0.889. The van der Waals surface area contributed by atoms with Crippen LogP contribution in [0.4, 0.5) is 5.69 Å². The Kier molecular flexibility index (Phi) is 3.84. The predicted molar refractivity (Wildman–Crippen MR) is 87.5 cm³/mol. The predicted octanol–water partition coefficient (Wildman–Crippen LogP) is 4.02. The number of para-hydroxylation sites is 2. The molecule has 4 nitrogen and oxygen atoms in total. The van der Waals surface area contributed by atoms with Crippen LogP contribution in [0.25, 0.3) is 4.96 Å². The van der Waals surface area contributed by atoms with Crippen LogP contribution in [0.1, 0.15) is 24.0 Å². The Hall–Kier alpha value is -2.01. The lowest BCUT2D eigenvalue weighted by Crippen LogP contribution is -2.06. The fraction of sp³-hybridized carbons (Fsp3) is 0.312. The zero-order chi connectivity index (χ0) is 14.8. The Balaban J connectivity index is 1.87. The summed E-state index contributed by atoms with van der Waals surface area (Å²) in [7, 11) is 0. The van der Waals surface area contributed by atoms with Crippen LogP contribution >= 0.6 is 11.3 Å². The van der Waals surface area contributed by atoms with Gasteiger partial charge < -0.3 is 10.1 Å². The van der Waals surface area contributed by atoms with Crippen LogP contribution in [0.5, 0.6) is 5.75 Å². The summed E-state index contributed by atoms with van der Waals surface area (Å²) >= 11 is 1.68. The molecule has 0 atom stereocenters. The third-order valence-electron chi connectivity index (χ3n) is 3.46. The van der Waals surface area contributed by atoms with Gasteiger partial charge in [0, 0.05) is 11.1 Å². The van der Waals surface area contributed by atoms with Crippen molar-refractivity contribution in [1.82, 2.24) is 9.38 Å². The number of thiazole rings is 1. The number of aryl methyl sites for hydroxylation is 2. The van der Waals surface area contributed by atoms with E-state index < -0.39 is 0 Å². The third kappa shape index (κ3) is 2.61. The fourth-order valence-electron chi connectivity index (χ4n) is 2.45. The number of nitrogens with one attached hydrogen (secondary N) is 1. The summed E-state index contributed by atoms with van der Waals surface area (Å²) in [6.07, 6.45) is 0. The normalized spacial score (nSPS) is 11.0. The average Bonchev–Trinajstić information content (AvgIpc) is 2.98. The second-order valence-electron chi connectivity index (χ2n) is 4.92. The summed E-state index contributed by atoms with van der Waals surface area (Å²) in [5.41, 5.74) is 4.52. The smallest absolute Gasteiger partial charge is 0.194 e. The lowest BCUT2D eigenvalue weighted by atomic mass is 10.2. The van der Waals surface area contributed by atoms with Crippen molar-refractivity contribution in [2.24, 2.45) is 0 Å². The van der Waals surface area contributed by atoms with Crippen LogP contribution in [0, 0.1) is 13.8 Å². The number of fused-ring (bicyclic) bond motifs is 1. The second-order valence-corrected chi connectivity index (χ2v) is 5.76. The highest BCUT2D eigenvalue weighted by Gasteiger charge is 2.12. The average molecular weight is 301 g/mol. The molecule has 0 fully saturated rings. The van der Waals surface area contributed by atoms with E-state index in [0.29, 0.717) is 6.61 Å². The van der Waals surface area contributed by atoms with Crippen LogP contribution < -0.4 is 10.1 Å². The van der Waals surface area contributed by atoms with Crippen LogP contribution in [0.3, 0.4) is 0 Å². The minimum atomic E-state index is 0.665. The molecule has 0 amide bonds. The topological polar surface area (TPSA) is 38.6 Å². The molecule has 1 aromatic carbocycles. The van der Waals surface area contributed by atoms with Crippen molar-refractivity contribution in [3.05, 3.63) is 46.7 Å². The minimum Gasteiger partial charge on any atom is -0.492 e. The molecule has 0 saturated heterocycles. The summed E-state index contributed by atoms with van der Waals surface area (Å²) in [6.45, 7) is 7.57. The molecule has 110 valence electrons. The highest BCUT2D eigenvalue weighted by Crippen LogP contribution is 2.26. The first-order valence-electron chi connectivity index (χ1n) is 7.08. The van der Waals surface area contributed by atoms with Crippen LogP contribution in [-0.2, 0) is 6.54 Å². The molecular weight excluding hydrogens is 282 g/mol. The quantitative estimate of drug-likeness (QED) is 0.773. The number of hydrogen-bond donors (Lipinski definition) is 1. The Morgan fingerprint density at radius 3 is 2.90 bits per heavy atom. The maximum absolute atomic E-state index is 5.65. The van der Waals surface area contributed by atoms with Gasteiger partial charge in [-0.3, -0.25) is 4.40 Å². The van der Waals surface area contributed by atoms with Gasteiger partial charge in [-0.2, -0.15) is 0 Å². The molecule has 21 heavy (non-hydrogen) atoms. The van der Waals surface area contributed by atoms with E-state index in [-0.39, 0.29) is 0 Å². The SMILES string of the molecule is CCOc1ccccc1NCc1c(C)nc2scc(C)n12. The van der Waals surface area contributed by atoms with Crippen molar-refractivity contribution in [1.29, 1.82) is 0 Å². The number of nitrogens with zero attached hydrogens (tertiary/aromatic N) is 2. The van der Waals surface area contributed by atoms with E-state index in [2.05, 4.69) is 33.9 Å². The summed E-state index contributed by atoms with van der Waals surface area (Å²) in [4.78, 5) is 5.67. The van der Waals surface area contributed by atoms with Crippen molar-refractivity contribution in [2.45, 2.75) is 27.3 Å². The second kappa shape index (κ2) is 5.77. The van der Waals surface area contributed by atoms with E-state index in [1.807, 2.05) is 31.2 Å². The lowest BCUT2D eigenvalue weighted by molar-refractivity contribution is 0.341. The molecular formula is C16H19N3OS. The van der Waals surface area contributed by atoms with Crippen molar-refractivity contribution < 1.29 is 4.74 Å². The molecule has 0 bridgehead atoms. The Morgan fingerprint density at radius 2 is 2.10 bits per heavy atom. The standard InChI is InChI=1S/C16H19N3OS/c1-4-20-15-8-6-5-7-13(15)17-9-14-12(3)18-16-19(14)11(2)10-21-16/h5-8,10,17H,4,9H2,1-3H3. The van der Waals surface area contributed by atoms with E-state index >= 15 is 0 Å². The number of benzene rings is 1. The third-order valence-corrected chi connectivity index (χ3v) is 4.41. The highest BCUT2D eigenvalue weighted by atomic mass is 32.1. The number of anilines is 1. The largest absolute Gasteiger partial charge is 0.492 e. The molecule has 0 aliphatic rings. The van der Waals surface area contributed by atoms with Crippen molar-refractivity contribution in [3.63, 3.8) is 0 Å². The summed E-state index contributed by atoms with van der Waals surface area (Å²) < 4.78 is 7.87. The van der Waals surface area contributed by atoms with Crippen LogP contribution in [0.15, 0.2) is 29.6 Å². The van der Waals surface area contributed by atoms with Gasteiger partial charge in [-0.15, -0.1) is 11.3 Å². The lowest BCUT2D eigenvalue weighted by Gasteiger charge is -2.12. The Morgan fingerprint density at radius 1 is 1.29 bits per heavy atom. The van der Waals surface area contributed by atoms with Gasteiger partial charge in [0.25, 0.3) is 0 Å². The van der Waals surface area contributed by atoms with E-state index in [9.17, 15) is 0 Å². The van der Waals surface area contributed by atoms with Crippen LogP contribution in [-0.4, -0.2) is 16.0 Å². The molecule has 0 unspecified atom stereocenters. The van der Waals surface area contributed by atoms with Gasteiger partial charge in [0.05, 0.1) is 30.2 Å². The Labute approximate surface area is 128 Å². The van der Waals surface area contributed by atoms with Crippen molar-refractivity contribution in [2.75, 3.05) is 11.9 Å². The van der Waals surface area contributed by atoms with E-state index in [4.69, 9.17) is 4.74 Å². The van der Waals surface area contributed by atoms with Crippen molar-refractivity contribution >= 4 is 22.0 Å². The molecule has 0 aliphatic carbocycles. The first-order chi connectivity index (χ1) is 10.2. The first kappa shape index (κ1) is 13.9. The van der Waals surface area contributed by atoms with E-state index in [1.165, 1.54) is 11.4 Å². The number of rotatable bonds is 5. The fourth-order valence-corrected chi connectivity index (χ4v) is 3.38. The minimum absolute atomic E-state index is 0.665. The van der Waals surface area contributed by atoms with Crippen LogP contribution in [0.2, 0.25) is 0 Å². The summed E-state index contributed by atoms with van der Waals surface area (Å²) in [5, 5.41) is 5.61. The molecule has 1 N–H and O–H groups in total. The molecule has 0 saturated carbocycles. The van der Waals surface area contributed by atoms with Gasteiger partial charge in [-0.1, -0.05) is 12.1 Å². The monoisotopic (exact) mass is 301 g/mol. The van der Waals surface area contributed by atoms with Gasteiger partial charge in [0.2, 0.25) is 0 Å². The number of hydrogen-bond acceptors (Lipinski definition) is 4. The zero-order valence-electron chi connectivity index (χ0n) is 12.5. The molecule has 0 spiro atoms. The van der Waals surface area contributed by atoms with Gasteiger partial charge in [0.1, 0.15) is 5.75 Å². The van der Waals surface area contributed by atoms with E-state index in [1.54, 1.807) is 11.3 Å². The molecule has 3 rings (SSSR count). The Bertz CT molecular complexity index is 760. The highest BCUT2D eigenvalue weighted by molar-refractivity contribution is 7.15. The number of aromatic nitrogens is 2. The molecule has 0 aliphatic heterocycles.